The molecule has 1 saturated heterocycles. The summed E-state index contributed by atoms with van der Waals surface area (Å²) in [6.45, 7) is 2.32. The van der Waals surface area contributed by atoms with Crippen molar-refractivity contribution in [1.29, 1.82) is 0 Å². The molecule has 0 aromatic carbocycles. The monoisotopic (exact) mass is 271 g/mol. The standard InChI is InChI=1S/C11H17N3O3S/c1-8-10(6-13-14-8)5-12-11(15)4-9-2-3-18(16,17)7-9/h6,9H,2-5,7H2,1H3,(H,12,15)(H,13,14). The molecule has 1 unspecified atom stereocenters. The highest BCUT2D eigenvalue weighted by Gasteiger charge is 2.29. The topological polar surface area (TPSA) is 91.9 Å². The second-order valence-corrected chi connectivity index (χ2v) is 7.00. The van der Waals surface area contributed by atoms with Crippen molar-refractivity contribution in [2.75, 3.05) is 11.5 Å². The van der Waals surface area contributed by atoms with Crippen molar-refractivity contribution in [2.24, 2.45) is 5.92 Å². The molecule has 2 N–H and O–H groups in total. The molecule has 100 valence electrons. The van der Waals surface area contributed by atoms with E-state index in [2.05, 4.69) is 15.5 Å². The highest BCUT2D eigenvalue weighted by atomic mass is 32.2. The zero-order valence-electron chi connectivity index (χ0n) is 10.3. The van der Waals surface area contributed by atoms with Gasteiger partial charge in [-0.2, -0.15) is 5.10 Å². The van der Waals surface area contributed by atoms with Gasteiger partial charge in [-0.3, -0.25) is 9.89 Å². The molecule has 1 amide bonds. The lowest BCUT2D eigenvalue weighted by molar-refractivity contribution is -0.122. The summed E-state index contributed by atoms with van der Waals surface area (Å²) >= 11 is 0. The fourth-order valence-corrected chi connectivity index (χ4v) is 3.98. The Labute approximate surface area is 106 Å². The maximum atomic E-state index is 11.7. The minimum atomic E-state index is -2.90. The Hall–Kier alpha value is -1.37. The molecular formula is C11H17N3O3S. The molecule has 6 nitrogen and oxygen atoms in total. The fraction of sp³-hybridized carbons (Fsp3) is 0.636. The van der Waals surface area contributed by atoms with Crippen LogP contribution in [0, 0.1) is 12.8 Å². The summed E-state index contributed by atoms with van der Waals surface area (Å²) in [6, 6.07) is 0. The fourth-order valence-electron chi connectivity index (χ4n) is 2.12. The van der Waals surface area contributed by atoms with Gasteiger partial charge in [0.2, 0.25) is 5.91 Å². The maximum absolute atomic E-state index is 11.7. The summed E-state index contributed by atoms with van der Waals surface area (Å²) in [7, 11) is -2.90. The van der Waals surface area contributed by atoms with Gasteiger partial charge in [0.1, 0.15) is 0 Å². The van der Waals surface area contributed by atoms with Gasteiger partial charge in [0.05, 0.1) is 17.7 Å². The summed E-state index contributed by atoms with van der Waals surface area (Å²) < 4.78 is 22.5. The number of rotatable bonds is 4. The molecule has 1 aromatic heterocycles. The molecule has 1 fully saturated rings. The minimum absolute atomic E-state index is 0.0274. The van der Waals surface area contributed by atoms with Crippen LogP contribution >= 0.6 is 0 Å². The van der Waals surface area contributed by atoms with Crippen molar-refractivity contribution in [3.8, 4) is 0 Å². The highest BCUT2D eigenvalue weighted by Crippen LogP contribution is 2.21. The number of hydrogen-bond acceptors (Lipinski definition) is 4. The van der Waals surface area contributed by atoms with Gasteiger partial charge >= 0.3 is 0 Å². The van der Waals surface area contributed by atoms with Crippen molar-refractivity contribution >= 4 is 15.7 Å². The number of amides is 1. The zero-order chi connectivity index (χ0) is 13.2. The number of hydrogen-bond donors (Lipinski definition) is 2. The average Bonchev–Trinajstić information content (AvgIpc) is 2.82. The van der Waals surface area contributed by atoms with E-state index in [1.165, 1.54) is 0 Å². The van der Waals surface area contributed by atoms with Crippen LogP contribution < -0.4 is 5.32 Å². The number of nitrogens with zero attached hydrogens (tertiary/aromatic N) is 1. The molecule has 0 saturated carbocycles. The van der Waals surface area contributed by atoms with Crippen LogP contribution in [0.2, 0.25) is 0 Å². The third-order valence-electron chi connectivity index (χ3n) is 3.21. The van der Waals surface area contributed by atoms with E-state index in [1.807, 2.05) is 6.92 Å². The summed E-state index contributed by atoms with van der Waals surface area (Å²) in [5, 5.41) is 9.45. The number of carbonyl (C=O) groups excluding carboxylic acids is 1. The first-order valence-corrected chi connectivity index (χ1v) is 7.74. The Balaban J connectivity index is 1.78. The summed E-state index contributed by atoms with van der Waals surface area (Å²) in [6.07, 6.45) is 2.56. The smallest absolute Gasteiger partial charge is 0.220 e. The van der Waals surface area contributed by atoms with Crippen molar-refractivity contribution in [1.82, 2.24) is 15.5 Å². The molecule has 1 atom stereocenters. The van der Waals surface area contributed by atoms with Gasteiger partial charge in [-0.15, -0.1) is 0 Å². The van der Waals surface area contributed by atoms with Gasteiger partial charge in [0.25, 0.3) is 0 Å². The average molecular weight is 271 g/mol. The van der Waals surface area contributed by atoms with E-state index in [9.17, 15) is 13.2 Å². The molecule has 0 radical (unpaired) electrons. The maximum Gasteiger partial charge on any atom is 0.220 e. The number of aromatic nitrogens is 2. The van der Waals surface area contributed by atoms with Crippen LogP contribution in [0.3, 0.4) is 0 Å². The zero-order valence-corrected chi connectivity index (χ0v) is 11.1. The molecule has 7 heteroatoms. The first-order valence-electron chi connectivity index (χ1n) is 5.92. The number of aryl methyl sites for hydroxylation is 1. The van der Waals surface area contributed by atoms with Gasteiger partial charge in [0.15, 0.2) is 9.84 Å². The second-order valence-electron chi connectivity index (χ2n) is 4.77. The second kappa shape index (κ2) is 5.09. The molecule has 0 bridgehead atoms. The van der Waals surface area contributed by atoms with E-state index in [-0.39, 0.29) is 29.8 Å². The third-order valence-corrected chi connectivity index (χ3v) is 5.05. The molecule has 2 rings (SSSR count). The summed E-state index contributed by atoms with van der Waals surface area (Å²) in [4.78, 5) is 11.7. The molecule has 0 spiro atoms. The molecule has 1 aliphatic heterocycles. The first kappa shape index (κ1) is 13.1. The Kier molecular flexibility index (Phi) is 3.70. The number of carbonyl (C=O) groups is 1. The predicted octanol–water partition coefficient (Wildman–Crippen LogP) is 0.159. The quantitative estimate of drug-likeness (QED) is 0.816. The number of aromatic amines is 1. The normalized spacial score (nSPS) is 21.9. The lowest BCUT2D eigenvalue weighted by atomic mass is 10.1. The SMILES string of the molecule is Cc1[nH]ncc1CNC(=O)CC1CCS(=O)(=O)C1. The lowest BCUT2D eigenvalue weighted by Gasteiger charge is -2.08. The summed E-state index contributed by atoms with van der Waals surface area (Å²) in [5.74, 6) is 0.231. The van der Waals surface area contributed by atoms with Crippen molar-refractivity contribution in [3.05, 3.63) is 17.5 Å². The highest BCUT2D eigenvalue weighted by molar-refractivity contribution is 7.91. The number of H-pyrrole nitrogens is 1. The van der Waals surface area contributed by atoms with Gasteiger partial charge in [-0.25, -0.2) is 8.42 Å². The van der Waals surface area contributed by atoms with E-state index in [0.29, 0.717) is 13.0 Å². The van der Waals surface area contributed by atoms with Crippen molar-refractivity contribution < 1.29 is 13.2 Å². The van der Waals surface area contributed by atoms with E-state index >= 15 is 0 Å². The molecule has 1 aliphatic rings. The van der Waals surface area contributed by atoms with Gasteiger partial charge in [0, 0.05) is 24.2 Å². The van der Waals surface area contributed by atoms with Crippen LogP contribution in [0.4, 0.5) is 0 Å². The number of sulfone groups is 1. The lowest BCUT2D eigenvalue weighted by Crippen LogP contribution is -2.25. The Morgan fingerprint density at radius 2 is 2.39 bits per heavy atom. The van der Waals surface area contributed by atoms with Crippen LogP contribution in [-0.4, -0.2) is 36.0 Å². The Morgan fingerprint density at radius 1 is 1.61 bits per heavy atom. The van der Waals surface area contributed by atoms with Gasteiger partial charge in [-0.05, 0) is 19.3 Å². The first-order chi connectivity index (χ1) is 8.46. The van der Waals surface area contributed by atoms with Crippen LogP contribution in [0.1, 0.15) is 24.1 Å². The van der Waals surface area contributed by atoms with Gasteiger partial charge < -0.3 is 5.32 Å². The van der Waals surface area contributed by atoms with E-state index in [4.69, 9.17) is 0 Å². The van der Waals surface area contributed by atoms with E-state index in [1.54, 1.807) is 6.20 Å². The van der Waals surface area contributed by atoms with Crippen molar-refractivity contribution in [3.63, 3.8) is 0 Å². The summed E-state index contributed by atoms with van der Waals surface area (Å²) in [5.41, 5.74) is 1.88. The molecule has 2 heterocycles. The van der Waals surface area contributed by atoms with Crippen LogP contribution in [0.15, 0.2) is 6.20 Å². The van der Waals surface area contributed by atoms with Crippen LogP contribution in [-0.2, 0) is 21.2 Å². The molecule has 0 aliphatic carbocycles. The van der Waals surface area contributed by atoms with E-state index in [0.717, 1.165) is 11.3 Å². The third kappa shape index (κ3) is 3.32. The minimum Gasteiger partial charge on any atom is -0.352 e. The molecule has 1 aromatic rings. The van der Waals surface area contributed by atoms with Crippen molar-refractivity contribution in [2.45, 2.75) is 26.3 Å². The molecule has 18 heavy (non-hydrogen) atoms. The molecular weight excluding hydrogens is 254 g/mol. The van der Waals surface area contributed by atoms with E-state index < -0.39 is 9.84 Å². The van der Waals surface area contributed by atoms with Crippen LogP contribution in [0.5, 0.6) is 0 Å². The number of nitrogens with one attached hydrogen (secondary N) is 2. The Morgan fingerprint density at radius 3 is 2.94 bits per heavy atom. The largest absolute Gasteiger partial charge is 0.352 e. The Bertz CT molecular complexity index is 535. The van der Waals surface area contributed by atoms with Crippen LogP contribution in [0.25, 0.3) is 0 Å². The van der Waals surface area contributed by atoms with Gasteiger partial charge in [-0.1, -0.05) is 0 Å². The predicted molar refractivity (Wildman–Crippen MR) is 66.5 cm³/mol.